The lowest BCUT2D eigenvalue weighted by atomic mass is 9.84. The average molecular weight is 637 g/mol. The minimum atomic E-state index is 1.01. The first-order valence-corrected chi connectivity index (χ1v) is 17.6. The molecule has 236 valence electrons. The van der Waals surface area contributed by atoms with Crippen molar-refractivity contribution in [3.8, 4) is 0 Å². The standard InChI is InChI=1S/C50H36/c1-3-17-37(18-4-1)47(41-31-15-23-35-21-7-9-25-39(35)41)33-49-45-29-13-11-27-43(45)44-28-12-14-30-46(44)50(49)34-48(38-19-5-2-6-20-38)42-32-16-24-36-22-8-10-26-40(36)42/h1-5,7-19,21-34H,6,20H2/b47-33-,48-34+. The van der Waals surface area contributed by atoms with Crippen molar-refractivity contribution in [3.05, 3.63) is 215 Å². The second-order valence-corrected chi connectivity index (χ2v) is 13.1. The summed E-state index contributed by atoms with van der Waals surface area (Å²) < 4.78 is 0. The number of allylic oxidation sites excluding steroid dienone is 5. The highest BCUT2D eigenvalue weighted by atomic mass is 14.2. The van der Waals surface area contributed by atoms with Crippen LogP contribution in [-0.2, 0) is 0 Å². The van der Waals surface area contributed by atoms with Crippen LogP contribution >= 0.6 is 0 Å². The highest BCUT2D eigenvalue weighted by Crippen LogP contribution is 2.42. The molecule has 8 aromatic carbocycles. The number of hydrogen-bond donors (Lipinski definition) is 0. The average Bonchev–Trinajstić information content (AvgIpc) is 3.20. The van der Waals surface area contributed by atoms with Crippen LogP contribution in [0.25, 0.3) is 66.4 Å². The lowest BCUT2D eigenvalue weighted by Gasteiger charge is -2.20. The van der Waals surface area contributed by atoms with Crippen LogP contribution < -0.4 is 0 Å². The highest BCUT2D eigenvalue weighted by Gasteiger charge is 2.19. The summed E-state index contributed by atoms with van der Waals surface area (Å²) in [6.07, 6.45) is 13.8. The molecule has 0 spiro atoms. The summed E-state index contributed by atoms with van der Waals surface area (Å²) in [5, 5.41) is 10.1. The van der Waals surface area contributed by atoms with Gasteiger partial charge in [0.15, 0.2) is 0 Å². The third-order valence-corrected chi connectivity index (χ3v) is 10.2. The fraction of sp³-hybridized carbons (Fsp3) is 0.0400. The lowest BCUT2D eigenvalue weighted by molar-refractivity contribution is 0.997. The molecule has 0 atom stereocenters. The summed E-state index contributed by atoms with van der Waals surface area (Å²) in [6.45, 7) is 0. The van der Waals surface area contributed by atoms with Gasteiger partial charge in [0.1, 0.15) is 0 Å². The molecule has 0 N–H and O–H groups in total. The van der Waals surface area contributed by atoms with E-state index in [9.17, 15) is 0 Å². The van der Waals surface area contributed by atoms with E-state index >= 15 is 0 Å². The van der Waals surface area contributed by atoms with Crippen molar-refractivity contribution >= 4 is 66.4 Å². The Kier molecular flexibility index (Phi) is 7.76. The van der Waals surface area contributed by atoms with Crippen LogP contribution in [-0.4, -0.2) is 0 Å². The van der Waals surface area contributed by atoms with E-state index in [1.807, 2.05) is 0 Å². The minimum Gasteiger partial charge on any atom is -0.0842 e. The zero-order chi connectivity index (χ0) is 33.3. The summed E-state index contributed by atoms with van der Waals surface area (Å²) in [5.41, 5.74) is 10.0. The Hall–Kier alpha value is -6.24. The molecule has 0 radical (unpaired) electrons. The predicted octanol–water partition coefficient (Wildman–Crippen LogP) is 13.7. The van der Waals surface area contributed by atoms with Crippen LogP contribution in [0, 0.1) is 0 Å². The lowest BCUT2D eigenvalue weighted by Crippen LogP contribution is -1.97. The summed E-state index contributed by atoms with van der Waals surface area (Å²) in [5.74, 6) is 0. The third kappa shape index (κ3) is 5.36. The molecule has 0 heterocycles. The van der Waals surface area contributed by atoms with Crippen LogP contribution in [0.5, 0.6) is 0 Å². The van der Waals surface area contributed by atoms with Crippen LogP contribution in [0.3, 0.4) is 0 Å². The van der Waals surface area contributed by atoms with Crippen molar-refractivity contribution in [1.29, 1.82) is 0 Å². The zero-order valence-corrected chi connectivity index (χ0v) is 27.9. The SMILES string of the molecule is C1=CCCC(/C(=C\c2c(/C=C(/c3ccccc3)c3cccc4ccccc34)c3ccccc3c3ccccc23)c2cccc3ccccc23)=C1. The molecule has 9 rings (SSSR count). The minimum absolute atomic E-state index is 1.01. The van der Waals surface area contributed by atoms with E-state index in [0.717, 1.165) is 12.8 Å². The predicted molar refractivity (Wildman–Crippen MR) is 217 cm³/mol. The summed E-state index contributed by atoms with van der Waals surface area (Å²) in [7, 11) is 0. The maximum Gasteiger partial charge on any atom is -0.00923 e. The molecule has 0 fully saturated rings. The Morgan fingerprint density at radius 2 is 0.860 bits per heavy atom. The molecule has 0 saturated heterocycles. The topological polar surface area (TPSA) is 0 Å². The first-order chi connectivity index (χ1) is 24.8. The van der Waals surface area contributed by atoms with Gasteiger partial charge in [-0.25, -0.2) is 0 Å². The smallest absolute Gasteiger partial charge is 0.00923 e. The Labute approximate surface area is 293 Å². The number of fused-ring (bicyclic) bond motifs is 5. The molecule has 1 aliphatic carbocycles. The van der Waals surface area contributed by atoms with E-state index in [1.165, 1.54) is 87.6 Å². The van der Waals surface area contributed by atoms with Crippen LogP contribution in [0.2, 0.25) is 0 Å². The van der Waals surface area contributed by atoms with E-state index < -0.39 is 0 Å². The van der Waals surface area contributed by atoms with Crippen LogP contribution in [0.4, 0.5) is 0 Å². The normalized spacial score (nSPS) is 13.7. The first-order valence-electron chi connectivity index (χ1n) is 17.6. The van der Waals surface area contributed by atoms with Crippen molar-refractivity contribution < 1.29 is 0 Å². The quantitative estimate of drug-likeness (QED) is 0.126. The van der Waals surface area contributed by atoms with Gasteiger partial charge in [-0.15, -0.1) is 0 Å². The molecule has 0 amide bonds. The van der Waals surface area contributed by atoms with Gasteiger partial charge in [-0.1, -0.05) is 182 Å². The Balaban J connectivity index is 1.43. The van der Waals surface area contributed by atoms with E-state index in [1.54, 1.807) is 0 Å². The van der Waals surface area contributed by atoms with Gasteiger partial charge < -0.3 is 0 Å². The molecule has 0 aliphatic heterocycles. The van der Waals surface area contributed by atoms with Crippen molar-refractivity contribution in [2.45, 2.75) is 12.8 Å². The number of rotatable bonds is 6. The fourth-order valence-electron chi connectivity index (χ4n) is 7.82. The maximum absolute atomic E-state index is 2.50. The van der Waals surface area contributed by atoms with E-state index in [2.05, 4.69) is 194 Å². The molecule has 0 unspecified atom stereocenters. The molecule has 0 heteroatoms. The third-order valence-electron chi connectivity index (χ3n) is 10.2. The van der Waals surface area contributed by atoms with E-state index in [-0.39, 0.29) is 0 Å². The van der Waals surface area contributed by atoms with Crippen LogP contribution in [0.15, 0.2) is 188 Å². The Bertz CT molecular complexity index is 2670. The van der Waals surface area contributed by atoms with Crippen molar-refractivity contribution in [2.24, 2.45) is 0 Å². The van der Waals surface area contributed by atoms with Gasteiger partial charge in [0.2, 0.25) is 0 Å². The second kappa shape index (κ2) is 13.0. The Morgan fingerprint density at radius 3 is 1.42 bits per heavy atom. The highest BCUT2D eigenvalue weighted by molar-refractivity contribution is 6.19. The first kappa shape index (κ1) is 29.9. The monoisotopic (exact) mass is 636 g/mol. The summed E-state index contributed by atoms with van der Waals surface area (Å²) in [6, 6.07) is 59.7. The number of hydrogen-bond acceptors (Lipinski definition) is 0. The van der Waals surface area contributed by atoms with Gasteiger partial charge in [-0.3, -0.25) is 0 Å². The molecule has 0 bridgehead atoms. The molecule has 8 aromatic rings. The largest absolute Gasteiger partial charge is 0.0842 e. The second-order valence-electron chi connectivity index (χ2n) is 13.1. The van der Waals surface area contributed by atoms with Crippen molar-refractivity contribution in [2.75, 3.05) is 0 Å². The van der Waals surface area contributed by atoms with Gasteiger partial charge >= 0.3 is 0 Å². The van der Waals surface area contributed by atoms with Crippen molar-refractivity contribution in [1.82, 2.24) is 0 Å². The molecule has 0 nitrogen and oxygen atoms in total. The van der Waals surface area contributed by atoms with Gasteiger partial charge in [-0.2, -0.15) is 0 Å². The van der Waals surface area contributed by atoms with Gasteiger partial charge in [0.25, 0.3) is 0 Å². The molecule has 50 heavy (non-hydrogen) atoms. The van der Waals surface area contributed by atoms with Gasteiger partial charge in [0, 0.05) is 0 Å². The van der Waals surface area contributed by atoms with E-state index in [0.29, 0.717) is 0 Å². The van der Waals surface area contributed by atoms with E-state index in [4.69, 9.17) is 0 Å². The molecule has 0 aromatic heterocycles. The zero-order valence-electron chi connectivity index (χ0n) is 27.9. The van der Waals surface area contributed by atoms with Crippen LogP contribution in [0.1, 0.15) is 40.7 Å². The molecular formula is C50H36. The summed E-state index contributed by atoms with van der Waals surface area (Å²) >= 11 is 0. The fourth-order valence-corrected chi connectivity index (χ4v) is 7.82. The molecule has 1 aliphatic rings. The molecular weight excluding hydrogens is 601 g/mol. The summed E-state index contributed by atoms with van der Waals surface area (Å²) in [4.78, 5) is 0. The van der Waals surface area contributed by atoms with Gasteiger partial charge in [-0.05, 0) is 113 Å². The molecule has 0 saturated carbocycles. The van der Waals surface area contributed by atoms with Gasteiger partial charge in [0.05, 0.1) is 0 Å². The number of benzene rings is 8. The maximum atomic E-state index is 2.50. The Morgan fingerprint density at radius 1 is 0.400 bits per heavy atom. The van der Waals surface area contributed by atoms with Crippen molar-refractivity contribution in [3.63, 3.8) is 0 Å².